The highest BCUT2D eigenvalue weighted by Crippen LogP contribution is 2.48. The van der Waals surface area contributed by atoms with Gasteiger partial charge in [-0.25, -0.2) is 9.97 Å². The Bertz CT molecular complexity index is 402. The van der Waals surface area contributed by atoms with Crippen molar-refractivity contribution in [3.8, 4) is 6.07 Å². The van der Waals surface area contributed by atoms with Gasteiger partial charge < -0.3 is 4.90 Å². The maximum absolute atomic E-state index is 8.61. The zero-order valence-corrected chi connectivity index (χ0v) is 9.23. The Hall–Kier alpha value is -1.63. The van der Waals surface area contributed by atoms with Crippen molar-refractivity contribution in [3.05, 3.63) is 18.1 Å². The molecule has 78 valence electrons. The topological polar surface area (TPSA) is 52.8 Å². The first-order chi connectivity index (χ1) is 7.04. The maximum Gasteiger partial charge on any atom is 0.158 e. The van der Waals surface area contributed by atoms with Gasteiger partial charge in [-0.05, 0) is 11.8 Å². The van der Waals surface area contributed by atoms with E-state index in [1.54, 1.807) is 6.20 Å². The third kappa shape index (κ3) is 1.78. The summed E-state index contributed by atoms with van der Waals surface area (Å²) in [6.07, 6.45) is 4.36. The normalized spacial score (nSPS) is 21.9. The molecule has 2 rings (SSSR count). The summed E-state index contributed by atoms with van der Waals surface area (Å²) in [5, 5.41) is 8.61. The average Bonchev–Trinajstić information content (AvgIpc) is 2.87. The van der Waals surface area contributed by atoms with Crippen LogP contribution in [0.25, 0.3) is 0 Å². The number of hydrogen-bond acceptors (Lipinski definition) is 4. The Labute approximate surface area is 89.6 Å². The van der Waals surface area contributed by atoms with Gasteiger partial charge in [-0.1, -0.05) is 13.8 Å². The van der Waals surface area contributed by atoms with Gasteiger partial charge >= 0.3 is 0 Å². The molecule has 1 heterocycles. The molecule has 1 aromatic heterocycles. The van der Waals surface area contributed by atoms with E-state index in [4.69, 9.17) is 5.26 Å². The van der Waals surface area contributed by atoms with Crippen LogP contribution in [-0.2, 0) is 0 Å². The third-order valence-electron chi connectivity index (χ3n) is 3.04. The molecule has 0 amide bonds. The van der Waals surface area contributed by atoms with Crippen molar-refractivity contribution in [1.82, 2.24) is 9.97 Å². The van der Waals surface area contributed by atoms with E-state index in [-0.39, 0.29) is 0 Å². The monoisotopic (exact) mass is 202 g/mol. The van der Waals surface area contributed by atoms with E-state index in [9.17, 15) is 0 Å². The van der Waals surface area contributed by atoms with Gasteiger partial charge in [0, 0.05) is 13.1 Å². The van der Waals surface area contributed by atoms with E-state index in [0.717, 1.165) is 5.82 Å². The summed E-state index contributed by atoms with van der Waals surface area (Å²) < 4.78 is 0. The van der Waals surface area contributed by atoms with E-state index in [1.807, 2.05) is 13.1 Å². The summed E-state index contributed by atoms with van der Waals surface area (Å²) in [7, 11) is 2.02. The standard InChI is InChI=1S/C11H14N4/c1-11(2)4-9(11)15(3)10-7-13-8(5-12)6-14-10/h6-7,9H,4H2,1-3H3. The number of aromatic nitrogens is 2. The van der Waals surface area contributed by atoms with Crippen molar-refractivity contribution in [2.75, 3.05) is 11.9 Å². The Morgan fingerprint density at radius 1 is 1.47 bits per heavy atom. The number of rotatable bonds is 2. The minimum absolute atomic E-state index is 0.363. The van der Waals surface area contributed by atoms with Crippen LogP contribution in [0.5, 0.6) is 0 Å². The summed E-state index contributed by atoms with van der Waals surface area (Å²) in [4.78, 5) is 10.4. The molecule has 1 unspecified atom stereocenters. The van der Waals surface area contributed by atoms with E-state index in [1.165, 1.54) is 12.6 Å². The lowest BCUT2D eigenvalue weighted by Gasteiger charge is -2.19. The van der Waals surface area contributed by atoms with Crippen LogP contribution in [-0.4, -0.2) is 23.1 Å². The Kier molecular flexibility index (Phi) is 2.11. The molecule has 1 saturated carbocycles. The largest absolute Gasteiger partial charge is 0.355 e. The molecule has 0 radical (unpaired) electrons. The number of nitriles is 1. The quantitative estimate of drug-likeness (QED) is 0.730. The highest BCUT2D eigenvalue weighted by atomic mass is 15.2. The van der Waals surface area contributed by atoms with Crippen molar-refractivity contribution in [2.45, 2.75) is 26.3 Å². The van der Waals surface area contributed by atoms with Gasteiger partial charge in [0.15, 0.2) is 5.69 Å². The summed E-state index contributed by atoms with van der Waals surface area (Å²) in [5.74, 6) is 0.838. The first-order valence-corrected chi connectivity index (χ1v) is 4.99. The van der Waals surface area contributed by atoms with E-state index in [2.05, 4.69) is 28.7 Å². The molecular weight excluding hydrogens is 188 g/mol. The summed E-state index contributed by atoms with van der Waals surface area (Å²) >= 11 is 0. The van der Waals surface area contributed by atoms with Crippen molar-refractivity contribution in [3.63, 3.8) is 0 Å². The number of hydrogen-bond donors (Lipinski definition) is 0. The average molecular weight is 202 g/mol. The SMILES string of the molecule is CN(c1cnc(C#N)cn1)C1CC1(C)C. The summed E-state index contributed by atoms with van der Waals surface area (Å²) in [6, 6.07) is 2.50. The molecule has 4 nitrogen and oxygen atoms in total. The van der Waals surface area contributed by atoms with E-state index in [0.29, 0.717) is 17.2 Å². The lowest BCUT2D eigenvalue weighted by molar-refractivity contribution is 0.601. The zero-order valence-electron chi connectivity index (χ0n) is 9.23. The van der Waals surface area contributed by atoms with Crippen LogP contribution >= 0.6 is 0 Å². The summed E-state index contributed by atoms with van der Waals surface area (Å²) in [6.45, 7) is 4.48. The van der Waals surface area contributed by atoms with Gasteiger partial charge in [0.05, 0.1) is 12.4 Å². The zero-order chi connectivity index (χ0) is 11.1. The van der Waals surface area contributed by atoms with Gasteiger partial charge in [0.1, 0.15) is 11.9 Å². The van der Waals surface area contributed by atoms with Crippen LogP contribution in [0.1, 0.15) is 26.0 Å². The van der Waals surface area contributed by atoms with Crippen LogP contribution in [0, 0.1) is 16.7 Å². The second kappa shape index (κ2) is 3.20. The Morgan fingerprint density at radius 3 is 2.53 bits per heavy atom. The molecule has 1 aliphatic carbocycles. The Morgan fingerprint density at radius 2 is 2.13 bits per heavy atom. The molecule has 4 heteroatoms. The van der Waals surface area contributed by atoms with Crippen LogP contribution in [0.3, 0.4) is 0 Å². The molecule has 1 atom stereocenters. The van der Waals surface area contributed by atoms with Crippen molar-refractivity contribution < 1.29 is 0 Å². The fourth-order valence-corrected chi connectivity index (χ4v) is 1.82. The highest BCUT2D eigenvalue weighted by Gasteiger charge is 2.48. The molecule has 15 heavy (non-hydrogen) atoms. The molecule has 1 aromatic rings. The predicted octanol–water partition coefficient (Wildman–Crippen LogP) is 1.58. The second-order valence-electron chi connectivity index (χ2n) is 4.69. The molecule has 0 bridgehead atoms. The maximum atomic E-state index is 8.61. The molecule has 1 fully saturated rings. The van der Waals surface area contributed by atoms with Gasteiger partial charge in [-0.15, -0.1) is 0 Å². The minimum Gasteiger partial charge on any atom is -0.355 e. The van der Waals surface area contributed by atoms with Gasteiger partial charge in [0.25, 0.3) is 0 Å². The van der Waals surface area contributed by atoms with Gasteiger partial charge in [-0.2, -0.15) is 5.26 Å². The lowest BCUT2D eigenvalue weighted by Crippen LogP contribution is -2.24. The van der Waals surface area contributed by atoms with Crippen LogP contribution in [0.4, 0.5) is 5.82 Å². The smallest absolute Gasteiger partial charge is 0.158 e. The molecule has 0 aromatic carbocycles. The number of anilines is 1. The fourth-order valence-electron chi connectivity index (χ4n) is 1.82. The van der Waals surface area contributed by atoms with Crippen molar-refractivity contribution in [2.24, 2.45) is 5.41 Å². The lowest BCUT2D eigenvalue weighted by atomic mass is 10.2. The van der Waals surface area contributed by atoms with Crippen molar-refractivity contribution >= 4 is 5.82 Å². The fraction of sp³-hybridized carbons (Fsp3) is 0.545. The molecule has 1 aliphatic rings. The van der Waals surface area contributed by atoms with Crippen molar-refractivity contribution in [1.29, 1.82) is 5.26 Å². The van der Waals surface area contributed by atoms with Gasteiger partial charge in [-0.3, -0.25) is 0 Å². The Balaban J connectivity index is 2.14. The first-order valence-electron chi connectivity index (χ1n) is 4.99. The minimum atomic E-state index is 0.363. The third-order valence-corrected chi connectivity index (χ3v) is 3.04. The van der Waals surface area contributed by atoms with Crippen LogP contribution in [0.2, 0.25) is 0 Å². The predicted molar refractivity (Wildman–Crippen MR) is 57.3 cm³/mol. The molecule has 0 N–H and O–H groups in total. The van der Waals surface area contributed by atoms with Crippen LogP contribution < -0.4 is 4.90 Å². The summed E-state index contributed by atoms with van der Waals surface area (Å²) in [5.41, 5.74) is 0.742. The highest BCUT2D eigenvalue weighted by molar-refractivity contribution is 5.40. The molecule has 0 saturated heterocycles. The molecule has 0 spiro atoms. The molecule has 0 aliphatic heterocycles. The number of nitrogens with zero attached hydrogens (tertiary/aromatic N) is 4. The molecular formula is C11H14N4. The van der Waals surface area contributed by atoms with E-state index >= 15 is 0 Å². The first kappa shape index (κ1) is 9.91. The second-order valence-corrected chi connectivity index (χ2v) is 4.69. The van der Waals surface area contributed by atoms with Crippen LogP contribution in [0.15, 0.2) is 12.4 Å². The van der Waals surface area contributed by atoms with Gasteiger partial charge in [0.2, 0.25) is 0 Å². The van der Waals surface area contributed by atoms with E-state index < -0.39 is 0 Å².